The highest BCUT2D eigenvalue weighted by Crippen LogP contribution is 2.21. The van der Waals surface area contributed by atoms with Crippen LogP contribution in [0.1, 0.15) is 5.56 Å². The standard InChI is InChI=1S/C11H12N4O/c1-7-6-10(14-15-11(7)13-12)8-2-4-9(16)5-3-8/h2-6,16H,12H2,1H3,(H,13,15). The highest BCUT2D eigenvalue weighted by Gasteiger charge is 2.04. The Morgan fingerprint density at radius 2 is 1.88 bits per heavy atom. The summed E-state index contributed by atoms with van der Waals surface area (Å²) < 4.78 is 0. The maximum atomic E-state index is 9.18. The first-order valence-corrected chi connectivity index (χ1v) is 4.81. The molecule has 0 unspecified atom stereocenters. The second-order valence-corrected chi connectivity index (χ2v) is 3.45. The molecule has 4 N–H and O–H groups in total. The fourth-order valence-electron chi connectivity index (χ4n) is 1.40. The highest BCUT2D eigenvalue weighted by molar-refractivity contribution is 5.62. The maximum Gasteiger partial charge on any atom is 0.165 e. The molecule has 0 atom stereocenters. The number of anilines is 1. The zero-order valence-electron chi connectivity index (χ0n) is 8.81. The van der Waals surface area contributed by atoms with Crippen LogP contribution in [0.5, 0.6) is 5.75 Å². The molecule has 0 saturated heterocycles. The number of hydrogen-bond donors (Lipinski definition) is 3. The molecule has 0 spiro atoms. The molecule has 1 heterocycles. The van der Waals surface area contributed by atoms with Gasteiger partial charge in [0, 0.05) is 5.56 Å². The van der Waals surface area contributed by atoms with Crippen LogP contribution in [0.4, 0.5) is 5.82 Å². The molecule has 1 aromatic heterocycles. The van der Waals surface area contributed by atoms with Gasteiger partial charge in [0.15, 0.2) is 5.82 Å². The van der Waals surface area contributed by atoms with E-state index in [1.54, 1.807) is 24.3 Å². The van der Waals surface area contributed by atoms with Crippen LogP contribution in [0.15, 0.2) is 30.3 Å². The largest absolute Gasteiger partial charge is 0.508 e. The van der Waals surface area contributed by atoms with Crippen molar-refractivity contribution in [3.05, 3.63) is 35.9 Å². The van der Waals surface area contributed by atoms with Gasteiger partial charge in [0.2, 0.25) is 0 Å². The summed E-state index contributed by atoms with van der Waals surface area (Å²) >= 11 is 0. The van der Waals surface area contributed by atoms with Gasteiger partial charge in [-0.1, -0.05) is 0 Å². The normalized spacial score (nSPS) is 10.1. The predicted octanol–water partition coefficient (Wildman–Crippen LogP) is 1.44. The monoisotopic (exact) mass is 216 g/mol. The summed E-state index contributed by atoms with van der Waals surface area (Å²) in [5.74, 6) is 6.06. The van der Waals surface area contributed by atoms with Gasteiger partial charge in [-0.05, 0) is 42.8 Å². The summed E-state index contributed by atoms with van der Waals surface area (Å²) in [5, 5.41) is 17.2. The van der Waals surface area contributed by atoms with Crippen molar-refractivity contribution in [1.29, 1.82) is 0 Å². The lowest BCUT2D eigenvalue weighted by atomic mass is 10.1. The second kappa shape index (κ2) is 4.16. The number of hydrogen-bond acceptors (Lipinski definition) is 5. The van der Waals surface area contributed by atoms with Crippen molar-refractivity contribution in [1.82, 2.24) is 10.2 Å². The third kappa shape index (κ3) is 1.94. The number of aryl methyl sites for hydroxylation is 1. The van der Waals surface area contributed by atoms with Crippen LogP contribution in [-0.4, -0.2) is 15.3 Å². The molecule has 0 aliphatic rings. The van der Waals surface area contributed by atoms with E-state index in [1.807, 2.05) is 13.0 Å². The lowest BCUT2D eigenvalue weighted by Gasteiger charge is -2.05. The number of phenolic OH excluding ortho intramolecular Hbond substituents is 1. The summed E-state index contributed by atoms with van der Waals surface area (Å²) in [6, 6.07) is 8.68. The Morgan fingerprint density at radius 1 is 1.19 bits per heavy atom. The second-order valence-electron chi connectivity index (χ2n) is 3.45. The van der Waals surface area contributed by atoms with Crippen LogP contribution in [-0.2, 0) is 0 Å². The Bertz CT molecular complexity index is 496. The lowest BCUT2D eigenvalue weighted by Crippen LogP contribution is -2.11. The third-order valence-corrected chi connectivity index (χ3v) is 2.28. The van der Waals surface area contributed by atoms with Crippen molar-refractivity contribution in [2.45, 2.75) is 6.92 Å². The smallest absolute Gasteiger partial charge is 0.165 e. The van der Waals surface area contributed by atoms with Gasteiger partial charge in [-0.15, -0.1) is 10.2 Å². The molecule has 0 radical (unpaired) electrons. The molecular weight excluding hydrogens is 204 g/mol. The van der Waals surface area contributed by atoms with Crippen molar-refractivity contribution in [2.75, 3.05) is 5.43 Å². The average Bonchev–Trinajstić information content (AvgIpc) is 2.30. The van der Waals surface area contributed by atoms with E-state index in [-0.39, 0.29) is 5.75 Å². The molecule has 1 aromatic carbocycles. The SMILES string of the molecule is Cc1cc(-c2ccc(O)cc2)nnc1NN. The number of nitrogens with two attached hydrogens (primary N) is 1. The first-order valence-electron chi connectivity index (χ1n) is 4.81. The summed E-state index contributed by atoms with van der Waals surface area (Å²) in [5.41, 5.74) is 5.03. The Kier molecular flexibility index (Phi) is 2.70. The van der Waals surface area contributed by atoms with Gasteiger partial charge in [-0.3, -0.25) is 0 Å². The first-order chi connectivity index (χ1) is 7.70. The average molecular weight is 216 g/mol. The van der Waals surface area contributed by atoms with E-state index >= 15 is 0 Å². The number of nitrogens with zero attached hydrogens (tertiary/aromatic N) is 2. The van der Waals surface area contributed by atoms with E-state index < -0.39 is 0 Å². The van der Waals surface area contributed by atoms with E-state index in [2.05, 4.69) is 15.6 Å². The van der Waals surface area contributed by atoms with Crippen molar-refractivity contribution in [2.24, 2.45) is 5.84 Å². The van der Waals surface area contributed by atoms with Crippen molar-refractivity contribution >= 4 is 5.82 Å². The van der Waals surface area contributed by atoms with Crippen molar-refractivity contribution < 1.29 is 5.11 Å². The van der Waals surface area contributed by atoms with Crippen LogP contribution >= 0.6 is 0 Å². The van der Waals surface area contributed by atoms with Gasteiger partial charge in [-0.25, -0.2) is 5.84 Å². The molecule has 16 heavy (non-hydrogen) atoms. The number of aromatic hydroxyl groups is 1. The number of rotatable bonds is 2. The number of nitrogen functional groups attached to an aromatic ring is 1. The van der Waals surface area contributed by atoms with Crippen LogP contribution in [0.3, 0.4) is 0 Å². The van der Waals surface area contributed by atoms with E-state index in [1.165, 1.54) is 0 Å². The number of aromatic nitrogens is 2. The lowest BCUT2D eigenvalue weighted by molar-refractivity contribution is 0.475. The van der Waals surface area contributed by atoms with Gasteiger partial charge in [0.25, 0.3) is 0 Å². The zero-order chi connectivity index (χ0) is 11.5. The fraction of sp³-hybridized carbons (Fsp3) is 0.0909. The Morgan fingerprint density at radius 3 is 2.44 bits per heavy atom. The Balaban J connectivity index is 2.41. The minimum absolute atomic E-state index is 0.230. The minimum Gasteiger partial charge on any atom is -0.508 e. The topological polar surface area (TPSA) is 84.1 Å². The van der Waals surface area contributed by atoms with Crippen molar-refractivity contribution in [3.8, 4) is 17.0 Å². The van der Waals surface area contributed by atoms with Gasteiger partial charge >= 0.3 is 0 Å². The van der Waals surface area contributed by atoms with E-state index in [4.69, 9.17) is 5.84 Å². The third-order valence-electron chi connectivity index (χ3n) is 2.28. The van der Waals surface area contributed by atoms with Crippen LogP contribution in [0.25, 0.3) is 11.3 Å². The molecule has 0 aliphatic heterocycles. The molecule has 5 nitrogen and oxygen atoms in total. The molecule has 0 fully saturated rings. The molecule has 0 amide bonds. The quantitative estimate of drug-likeness (QED) is 0.522. The molecule has 0 bridgehead atoms. The van der Waals surface area contributed by atoms with E-state index in [9.17, 15) is 5.11 Å². The van der Waals surface area contributed by atoms with Gasteiger partial charge in [-0.2, -0.15) is 0 Å². The summed E-state index contributed by atoms with van der Waals surface area (Å²) in [4.78, 5) is 0. The molecule has 2 rings (SSSR count). The molecule has 82 valence electrons. The van der Waals surface area contributed by atoms with Crippen LogP contribution in [0, 0.1) is 6.92 Å². The Hall–Kier alpha value is -2.14. The van der Waals surface area contributed by atoms with Crippen LogP contribution < -0.4 is 11.3 Å². The number of hydrazine groups is 1. The highest BCUT2D eigenvalue weighted by atomic mass is 16.3. The zero-order valence-corrected chi connectivity index (χ0v) is 8.81. The molecular formula is C11H12N4O. The predicted molar refractivity (Wildman–Crippen MR) is 61.7 cm³/mol. The number of phenols is 1. The minimum atomic E-state index is 0.230. The van der Waals surface area contributed by atoms with Crippen LogP contribution in [0.2, 0.25) is 0 Å². The van der Waals surface area contributed by atoms with E-state index in [0.717, 1.165) is 16.8 Å². The summed E-state index contributed by atoms with van der Waals surface area (Å²) in [7, 11) is 0. The molecule has 5 heteroatoms. The number of nitrogens with one attached hydrogen (secondary N) is 1. The number of benzene rings is 1. The fourth-order valence-corrected chi connectivity index (χ4v) is 1.40. The molecule has 2 aromatic rings. The Labute approximate surface area is 92.9 Å². The van der Waals surface area contributed by atoms with Gasteiger partial charge in [0.05, 0.1) is 5.69 Å². The summed E-state index contributed by atoms with van der Waals surface area (Å²) in [6.07, 6.45) is 0. The molecule has 0 aliphatic carbocycles. The first kappa shape index (κ1) is 10.4. The van der Waals surface area contributed by atoms with Gasteiger partial charge < -0.3 is 10.5 Å². The summed E-state index contributed by atoms with van der Waals surface area (Å²) in [6.45, 7) is 1.90. The van der Waals surface area contributed by atoms with Gasteiger partial charge in [0.1, 0.15) is 5.75 Å². The van der Waals surface area contributed by atoms with Crippen molar-refractivity contribution in [3.63, 3.8) is 0 Å². The maximum absolute atomic E-state index is 9.18. The molecule has 0 saturated carbocycles. The van der Waals surface area contributed by atoms with E-state index in [0.29, 0.717) is 5.82 Å².